The summed E-state index contributed by atoms with van der Waals surface area (Å²) < 4.78 is 17.3. The van der Waals surface area contributed by atoms with Crippen LogP contribution in [0.5, 0.6) is 0 Å². The molecule has 25 rings (SSSR count). The van der Waals surface area contributed by atoms with Crippen LogP contribution in [0.2, 0.25) is 0 Å². The van der Waals surface area contributed by atoms with Crippen LogP contribution in [-0.4, -0.2) is 9.13 Å². The molecule has 0 saturated heterocycles. The molecule has 0 radical (unpaired) electrons. The summed E-state index contributed by atoms with van der Waals surface area (Å²) in [6, 6.07) is 179. The second kappa shape index (κ2) is 32.7. The topological polar surface area (TPSA) is 42.6 Å². The van der Waals surface area contributed by atoms with Crippen molar-refractivity contribution >= 4 is 132 Å². The minimum atomic E-state index is 0.890. The van der Waals surface area contributed by atoms with Gasteiger partial charge in [-0.3, -0.25) is 0 Å². The molecule has 6 nitrogen and oxygen atoms in total. The molecule has 0 N–H and O–H groups in total. The van der Waals surface area contributed by atoms with Crippen LogP contribution in [0, 0.1) is 0 Å². The minimum Gasteiger partial charge on any atom is -0.456 e. The highest BCUT2D eigenvalue weighted by Gasteiger charge is 2.23. The Morgan fingerprint density at radius 1 is 0.146 bits per heavy atom. The third-order valence-corrected chi connectivity index (χ3v) is 25.8. The Balaban J connectivity index is 0.000000144. The zero-order chi connectivity index (χ0) is 86.0. The Labute approximate surface area is 752 Å². The molecule has 6 heteroatoms. The van der Waals surface area contributed by atoms with Crippen molar-refractivity contribution in [2.45, 2.75) is 0 Å². The van der Waals surface area contributed by atoms with Gasteiger partial charge in [0.1, 0.15) is 22.3 Å². The molecule has 4 heterocycles. The van der Waals surface area contributed by atoms with E-state index in [1.165, 1.54) is 93.3 Å². The van der Waals surface area contributed by atoms with Gasteiger partial charge >= 0.3 is 0 Å². The zero-order valence-electron chi connectivity index (χ0n) is 70.9. The first-order chi connectivity index (χ1) is 64.4. The molecule has 21 aromatic carbocycles. The van der Waals surface area contributed by atoms with Gasteiger partial charge in [-0.2, -0.15) is 0 Å². The number of hydrogen-bond acceptors (Lipinski definition) is 4. The van der Waals surface area contributed by atoms with Crippen molar-refractivity contribution < 1.29 is 8.83 Å². The van der Waals surface area contributed by atoms with Gasteiger partial charge < -0.3 is 27.8 Å². The molecular weight excluding hydrogens is 1580 g/mol. The van der Waals surface area contributed by atoms with E-state index in [4.69, 9.17) is 8.83 Å². The summed E-state index contributed by atoms with van der Waals surface area (Å²) in [5.41, 5.74) is 36.0. The van der Waals surface area contributed by atoms with Crippen LogP contribution >= 0.6 is 0 Å². The van der Waals surface area contributed by atoms with Crippen LogP contribution in [0.3, 0.4) is 0 Å². The maximum atomic E-state index is 6.30. The molecule has 0 atom stereocenters. The molecule has 610 valence electrons. The van der Waals surface area contributed by atoms with Crippen molar-refractivity contribution in [3.05, 3.63) is 497 Å². The van der Waals surface area contributed by atoms with Crippen LogP contribution < -0.4 is 9.80 Å². The third kappa shape index (κ3) is 14.0. The largest absolute Gasteiger partial charge is 0.456 e. The summed E-state index contributed by atoms with van der Waals surface area (Å²) >= 11 is 0. The van der Waals surface area contributed by atoms with Gasteiger partial charge in [0.05, 0.1) is 22.1 Å². The molecular formula is C124H82N4O2. The average molecular weight is 1660 g/mol. The fourth-order valence-corrected chi connectivity index (χ4v) is 19.5. The number of furan rings is 2. The van der Waals surface area contributed by atoms with E-state index in [2.05, 4.69) is 492 Å². The first-order valence-electron chi connectivity index (χ1n) is 44.4. The Hall–Kier alpha value is -17.3. The smallest absolute Gasteiger partial charge is 0.135 e. The molecule has 0 amide bonds. The number of rotatable bonds is 16. The molecule has 130 heavy (non-hydrogen) atoms. The van der Waals surface area contributed by atoms with Crippen LogP contribution in [0.15, 0.2) is 506 Å². The summed E-state index contributed by atoms with van der Waals surface area (Å²) in [6.45, 7) is 0. The summed E-state index contributed by atoms with van der Waals surface area (Å²) in [6.07, 6.45) is 0. The van der Waals surface area contributed by atoms with E-state index in [-0.39, 0.29) is 0 Å². The van der Waals surface area contributed by atoms with Crippen molar-refractivity contribution in [1.29, 1.82) is 0 Å². The van der Waals surface area contributed by atoms with Crippen molar-refractivity contribution in [3.8, 4) is 100 Å². The standard InChI is InChI=1S/C64H42N2O.C60H40N2O/c1-3-17-51(18-4-1)65(54-34-30-43-14-7-8-15-46(43)39-54)53-21-13-16-47(38-53)44-26-28-45(29-27-44)55-35-31-48(40-58(55)50-33-37-64-60(42-50)57-23-10-12-25-63(57)67-64)49-32-36-62-59(41-49)56-22-9-11-24-61(56)66(62)52-19-5-2-6-20-52;1-4-16-47(17-5-1)61(48-18-6-2-7-19-48)50-22-14-15-43(37-50)41-27-29-42(30-28-41)51-34-31-44(38-54(51)46-33-36-60-56(40-46)53-24-11-13-26-59(53)63-60)45-32-35-58-55(39-45)52-23-10-12-25-57(52)62(58)49-20-8-3-9-21-49/h1-42H;1-40H. The molecule has 0 saturated carbocycles. The molecule has 4 aromatic heterocycles. The van der Waals surface area contributed by atoms with Gasteiger partial charge in [0.25, 0.3) is 0 Å². The average Bonchev–Trinajstić information content (AvgIpc) is 1.61. The van der Waals surface area contributed by atoms with Gasteiger partial charge in [0, 0.05) is 88.6 Å². The molecule has 25 aromatic rings. The monoisotopic (exact) mass is 1660 g/mol. The molecule has 0 aliphatic rings. The van der Waals surface area contributed by atoms with Gasteiger partial charge in [-0.15, -0.1) is 0 Å². The summed E-state index contributed by atoms with van der Waals surface area (Å²) in [7, 11) is 0. The van der Waals surface area contributed by atoms with Crippen molar-refractivity contribution in [3.63, 3.8) is 0 Å². The van der Waals surface area contributed by atoms with Gasteiger partial charge in [0.2, 0.25) is 0 Å². The molecule has 0 aliphatic heterocycles. The number of para-hydroxylation sites is 9. The number of hydrogen-bond donors (Lipinski definition) is 0. The molecule has 0 bridgehead atoms. The van der Waals surface area contributed by atoms with Crippen LogP contribution in [-0.2, 0) is 0 Å². The lowest BCUT2D eigenvalue weighted by Crippen LogP contribution is -2.09. The van der Waals surface area contributed by atoms with Crippen LogP contribution in [0.25, 0.3) is 199 Å². The SMILES string of the molecule is c1ccc(N(c2cccc(-c3ccc(-c4ccc(-c5ccc6c(c5)c5ccccc5n6-c5ccccc5)cc4-c4ccc5oc6ccccc6c5c4)cc3)c2)c2ccc3ccccc3c2)cc1.c1ccc(N(c2ccccc2)c2cccc(-c3ccc(-c4ccc(-c5ccc6c(c5)c5ccccc5n6-c5ccccc5)cc4-c4ccc5oc6ccccc6c5c4)cc3)c2)cc1. The van der Waals surface area contributed by atoms with Gasteiger partial charge in [-0.05, 0) is 282 Å². The van der Waals surface area contributed by atoms with E-state index in [9.17, 15) is 0 Å². The zero-order valence-corrected chi connectivity index (χ0v) is 70.9. The number of benzene rings is 21. The number of fused-ring (bicyclic) bond motifs is 13. The number of nitrogens with zero attached hydrogens (tertiary/aromatic N) is 4. The van der Waals surface area contributed by atoms with Gasteiger partial charge in [0.15, 0.2) is 0 Å². The predicted octanol–water partition coefficient (Wildman–Crippen LogP) is 34.8. The maximum Gasteiger partial charge on any atom is 0.135 e. The van der Waals surface area contributed by atoms with Crippen molar-refractivity contribution in [1.82, 2.24) is 9.13 Å². The first kappa shape index (κ1) is 76.3. The Morgan fingerprint density at radius 3 is 0.908 bits per heavy atom. The van der Waals surface area contributed by atoms with Gasteiger partial charge in [-0.1, -0.05) is 315 Å². The van der Waals surface area contributed by atoms with E-state index < -0.39 is 0 Å². The predicted molar refractivity (Wildman–Crippen MR) is 546 cm³/mol. The van der Waals surface area contributed by atoms with E-state index in [1.54, 1.807) is 0 Å². The van der Waals surface area contributed by atoms with Gasteiger partial charge in [-0.25, -0.2) is 0 Å². The van der Waals surface area contributed by atoms with E-state index in [0.29, 0.717) is 0 Å². The third-order valence-electron chi connectivity index (χ3n) is 25.8. The lowest BCUT2D eigenvalue weighted by atomic mass is 9.89. The fourth-order valence-electron chi connectivity index (χ4n) is 19.5. The second-order valence-corrected chi connectivity index (χ2v) is 33.4. The summed E-state index contributed by atoms with van der Waals surface area (Å²) in [4.78, 5) is 4.65. The van der Waals surface area contributed by atoms with E-state index in [1.807, 2.05) is 24.3 Å². The minimum absolute atomic E-state index is 0.890. The highest BCUT2D eigenvalue weighted by molar-refractivity contribution is 6.14. The van der Waals surface area contributed by atoms with Crippen LogP contribution in [0.4, 0.5) is 34.1 Å². The quantitative estimate of drug-likeness (QED) is 0.0967. The Morgan fingerprint density at radius 2 is 0.454 bits per heavy atom. The lowest BCUT2D eigenvalue weighted by molar-refractivity contribution is 0.668. The summed E-state index contributed by atoms with van der Waals surface area (Å²) in [5.74, 6) is 0. The normalized spacial score (nSPS) is 11.5. The summed E-state index contributed by atoms with van der Waals surface area (Å²) in [5, 5.41) is 11.9. The molecule has 0 aliphatic carbocycles. The highest BCUT2D eigenvalue weighted by Crippen LogP contribution is 2.47. The maximum absolute atomic E-state index is 6.30. The second-order valence-electron chi connectivity index (χ2n) is 33.4. The lowest BCUT2D eigenvalue weighted by Gasteiger charge is -2.26. The Kier molecular flexibility index (Phi) is 19.2. The van der Waals surface area contributed by atoms with Crippen molar-refractivity contribution in [2.75, 3.05) is 9.80 Å². The number of anilines is 6. The molecule has 0 unspecified atom stereocenters. The first-order valence-corrected chi connectivity index (χ1v) is 44.4. The van der Waals surface area contributed by atoms with Crippen LogP contribution in [0.1, 0.15) is 0 Å². The molecule has 0 spiro atoms. The van der Waals surface area contributed by atoms with E-state index in [0.717, 1.165) is 139 Å². The highest BCUT2D eigenvalue weighted by atomic mass is 16.3. The number of aromatic nitrogens is 2. The Bertz CT molecular complexity index is 8550. The molecule has 0 fully saturated rings. The fraction of sp³-hybridized carbons (Fsp3) is 0. The van der Waals surface area contributed by atoms with E-state index >= 15 is 0 Å². The van der Waals surface area contributed by atoms with Crippen molar-refractivity contribution in [2.24, 2.45) is 0 Å².